The van der Waals surface area contributed by atoms with E-state index in [2.05, 4.69) is 0 Å². The van der Waals surface area contributed by atoms with Crippen molar-refractivity contribution in [3.05, 3.63) is 0 Å². The van der Waals surface area contributed by atoms with Crippen LogP contribution in [-0.4, -0.2) is 36.5 Å². The molecule has 4 heteroatoms. The number of carboxylic acid groups (broad SMARTS) is 1. The number of carbonyl (C=O) groups excluding carboxylic acids is 1. The summed E-state index contributed by atoms with van der Waals surface area (Å²) in [5.41, 5.74) is 5.52. The van der Waals surface area contributed by atoms with E-state index in [1.807, 2.05) is 0 Å². The van der Waals surface area contributed by atoms with Crippen LogP contribution in [0.5, 0.6) is 0 Å². The standard InChI is InChI=1S/C6H12N2O2/c1-8-3-4(7)2-5(8)6(9)10/h4-5H,2-3,7H2,1H3,(H,9,10)/p-1/t4-,5+/m0/s1. The summed E-state index contributed by atoms with van der Waals surface area (Å²) < 4.78 is 0. The topological polar surface area (TPSA) is 69.4 Å². The van der Waals surface area contributed by atoms with Crippen LogP contribution in [0, 0.1) is 0 Å². The van der Waals surface area contributed by atoms with E-state index in [9.17, 15) is 9.90 Å². The zero-order chi connectivity index (χ0) is 7.72. The molecule has 0 bridgehead atoms. The van der Waals surface area contributed by atoms with Crippen LogP contribution in [0.25, 0.3) is 0 Å². The molecule has 1 heterocycles. The largest absolute Gasteiger partial charge is 0.548 e. The van der Waals surface area contributed by atoms with Crippen molar-refractivity contribution in [3.8, 4) is 0 Å². The third kappa shape index (κ3) is 1.27. The molecule has 0 unspecified atom stereocenters. The second-order valence-electron chi connectivity index (χ2n) is 2.77. The monoisotopic (exact) mass is 143 g/mol. The van der Waals surface area contributed by atoms with Crippen molar-refractivity contribution in [2.24, 2.45) is 5.73 Å². The van der Waals surface area contributed by atoms with Gasteiger partial charge in [0.1, 0.15) is 0 Å². The van der Waals surface area contributed by atoms with Gasteiger partial charge in [-0.25, -0.2) is 0 Å². The third-order valence-electron chi connectivity index (χ3n) is 1.85. The maximum absolute atomic E-state index is 10.3. The van der Waals surface area contributed by atoms with Crippen LogP contribution in [0.3, 0.4) is 0 Å². The smallest absolute Gasteiger partial charge is 0.0587 e. The van der Waals surface area contributed by atoms with Crippen molar-refractivity contribution < 1.29 is 9.90 Å². The molecule has 0 saturated carbocycles. The van der Waals surface area contributed by atoms with Gasteiger partial charge in [0.05, 0.1) is 12.0 Å². The van der Waals surface area contributed by atoms with Gasteiger partial charge in [-0.05, 0) is 13.5 Å². The van der Waals surface area contributed by atoms with Gasteiger partial charge in [-0.3, -0.25) is 4.90 Å². The number of likely N-dealkylation sites (tertiary alicyclic amines) is 1. The molecule has 0 spiro atoms. The molecule has 0 aromatic carbocycles. The first-order chi connectivity index (χ1) is 4.61. The van der Waals surface area contributed by atoms with Crippen LogP contribution in [0.4, 0.5) is 0 Å². The fourth-order valence-electron chi connectivity index (χ4n) is 1.31. The Hall–Kier alpha value is -0.610. The van der Waals surface area contributed by atoms with Crippen LogP contribution in [0.2, 0.25) is 0 Å². The van der Waals surface area contributed by atoms with E-state index in [1.54, 1.807) is 11.9 Å². The summed E-state index contributed by atoms with van der Waals surface area (Å²) in [5.74, 6) is -1.02. The highest BCUT2D eigenvalue weighted by atomic mass is 16.4. The van der Waals surface area contributed by atoms with E-state index in [4.69, 9.17) is 5.73 Å². The van der Waals surface area contributed by atoms with Crippen LogP contribution in [0.15, 0.2) is 0 Å². The molecule has 1 saturated heterocycles. The average Bonchev–Trinajstić information content (AvgIpc) is 2.10. The number of carbonyl (C=O) groups is 1. The molecule has 2 atom stereocenters. The molecule has 10 heavy (non-hydrogen) atoms. The van der Waals surface area contributed by atoms with E-state index >= 15 is 0 Å². The molecule has 0 aliphatic carbocycles. The lowest BCUT2D eigenvalue weighted by molar-refractivity contribution is -0.310. The second-order valence-corrected chi connectivity index (χ2v) is 2.77. The fraction of sp³-hybridized carbons (Fsp3) is 0.833. The number of likely N-dealkylation sites (N-methyl/N-ethyl adjacent to an activating group) is 1. The van der Waals surface area contributed by atoms with Crippen molar-refractivity contribution in [1.29, 1.82) is 0 Å². The highest BCUT2D eigenvalue weighted by Gasteiger charge is 2.27. The van der Waals surface area contributed by atoms with Crippen LogP contribution < -0.4 is 10.8 Å². The van der Waals surface area contributed by atoms with Crippen molar-refractivity contribution in [2.75, 3.05) is 13.6 Å². The summed E-state index contributed by atoms with van der Waals surface area (Å²) in [5, 5.41) is 10.3. The summed E-state index contributed by atoms with van der Waals surface area (Å²) in [6, 6.07) is -0.483. The first-order valence-corrected chi connectivity index (χ1v) is 3.28. The number of nitrogens with zero attached hydrogens (tertiary/aromatic N) is 1. The second kappa shape index (κ2) is 2.56. The fourth-order valence-corrected chi connectivity index (χ4v) is 1.31. The SMILES string of the molecule is CN1C[C@@H](N)C[C@@H]1C(=O)[O-]. The Morgan fingerprint density at radius 1 is 1.80 bits per heavy atom. The molecule has 1 aliphatic heterocycles. The van der Waals surface area contributed by atoms with Gasteiger partial charge in [-0.2, -0.15) is 0 Å². The minimum atomic E-state index is -1.02. The maximum Gasteiger partial charge on any atom is 0.0587 e. The lowest BCUT2D eigenvalue weighted by Gasteiger charge is -2.19. The molecule has 2 N–H and O–H groups in total. The molecular formula is C6H11N2O2-. The van der Waals surface area contributed by atoms with Crippen molar-refractivity contribution in [3.63, 3.8) is 0 Å². The zero-order valence-corrected chi connectivity index (χ0v) is 5.91. The number of hydrogen-bond donors (Lipinski definition) is 1. The summed E-state index contributed by atoms with van der Waals surface area (Å²) in [4.78, 5) is 12.1. The maximum atomic E-state index is 10.3. The van der Waals surface area contributed by atoms with Gasteiger partial charge in [-0.15, -0.1) is 0 Å². The van der Waals surface area contributed by atoms with E-state index < -0.39 is 12.0 Å². The van der Waals surface area contributed by atoms with Crippen molar-refractivity contribution in [2.45, 2.75) is 18.5 Å². The number of hydrogen-bond acceptors (Lipinski definition) is 4. The molecule has 0 radical (unpaired) electrons. The van der Waals surface area contributed by atoms with Gasteiger partial charge in [0, 0.05) is 12.6 Å². The quantitative estimate of drug-likeness (QED) is 0.451. The highest BCUT2D eigenvalue weighted by molar-refractivity contribution is 5.71. The van der Waals surface area contributed by atoms with Gasteiger partial charge >= 0.3 is 0 Å². The summed E-state index contributed by atoms with van der Waals surface area (Å²) in [6.45, 7) is 0.651. The first kappa shape index (κ1) is 7.50. The van der Waals surface area contributed by atoms with Crippen molar-refractivity contribution in [1.82, 2.24) is 4.90 Å². The molecule has 58 valence electrons. The summed E-state index contributed by atoms with van der Waals surface area (Å²) >= 11 is 0. The zero-order valence-electron chi connectivity index (χ0n) is 5.91. The Morgan fingerprint density at radius 3 is 2.60 bits per heavy atom. The highest BCUT2D eigenvalue weighted by Crippen LogP contribution is 2.12. The molecular weight excluding hydrogens is 132 g/mol. The van der Waals surface area contributed by atoms with Crippen LogP contribution >= 0.6 is 0 Å². The Morgan fingerprint density at radius 2 is 2.40 bits per heavy atom. The Labute approximate surface area is 59.6 Å². The number of carboxylic acids is 1. The Balaban J connectivity index is 2.54. The van der Waals surface area contributed by atoms with Gasteiger partial charge < -0.3 is 15.6 Å². The van der Waals surface area contributed by atoms with Gasteiger partial charge in [0.2, 0.25) is 0 Å². The summed E-state index contributed by atoms with van der Waals surface area (Å²) in [6.07, 6.45) is 0.513. The summed E-state index contributed by atoms with van der Waals surface area (Å²) in [7, 11) is 1.74. The Bertz CT molecular complexity index is 149. The molecule has 1 rings (SSSR count). The molecule has 0 amide bonds. The number of aliphatic carboxylic acids is 1. The predicted octanol–water partition coefficient (Wildman–Crippen LogP) is -2.23. The molecule has 0 aromatic heterocycles. The number of rotatable bonds is 1. The first-order valence-electron chi connectivity index (χ1n) is 3.28. The molecule has 1 aliphatic rings. The van der Waals surface area contributed by atoms with Crippen LogP contribution in [-0.2, 0) is 4.79 Å². The molecule has 4 nitrogen and oxygen atoms in total. The van der Waals surface area contributed by atoms with E-state index in [0.717, 1.165) is 0 Å². The van der Waals surface area contributed by atoms with E-state index in [0.29, 0.717) is 13.0 Å². The lowest BCUT2D eigenvalue weighted by atomic mass is 10.2. The van der Waals surface area contributed by atoms with Gasteiger partial charge in [0.15, 0.2) is 0 Å². The minimum absolute atomic E-state index is 0.00657. The number of nitrogens with two attached hydrogens (primary N) is 1. The van der Waals surface area contributed by atoms with E-state index in [-0.39, 0.29) is 6.04 Å². The van der Waals surface area contributed by atoms with E-state index in [1.165, 1.54) is 0 Å². The predicted molar refractivity (Wildman–Crippen MR) is 34.0 cm³/mol. The minimum Gasteiger partial charge on any atom is -0.548 e. The van der Waals surface area contributed by atoms with Gasteiger partial charge in [-0.1, -0.05) is 0 Å². The normalized spacial score (nSPS) is 34.6. The average molecular weight is 143 g/mol. The molecule has 0 aromatic rings. The van der Waals surface area contributed by atoms with Crippen LogP contribution in [0.1, 0.15) is 6.42 Å². The third-order valence-corrected chi connectivity index (χ3v) is 1.85. The van der Waals surface area contributed by atoms with Crippen molar-refractivity contribution >= 4 is 5.97 Å². The molecule has 1 fully saturated rings. The Kier molecular flexibility index (Phi) is 1.92. The van der Waals surface area contributed by atoms with Gasteiger partial charge in [0.25, 0.3) is 0 Å². The lowest BCUT2D eigenvalue weighted by Crippen LogP contribution is -2.42.